The number of hydrogen-bond acceptors (Lipinski definition) is 2. The standard InChI is InChI=1S/C11H21NO/c1-12(8-10-4-5-10)9-11(13)6-2-3-7-11/h10,13H,2-9H2,1H3. The van der Waals surface area contributed by atoms with Crippen LogP contribution in [-0.2, 0) is 0 Å². The highest BCUT2D eigenvalue weighted by atomic mass is 16.3. The maximum atomic E-state index is 10.2. The van der Waals surface area contributed by atoms with Gasteiger partial charge in [0.25, 0.3) is 0 Å². The molecule has 76 valence electrons. The first-order valence-electron chi connectivity index (χ1n) is 5.59. The average molecular weight is 183 g/mol. The molecule has 0 atom stereocenters. The summed E-state index contributed by atoms with van der Waals surface area (Å²) in [5.41, 5.74) is -0.344. The van der Waals surface area contributed by atoms with Crippen LogP contribution >= 0.6 is 0 Å². The maximum Gasteiger partial charge on any atom is 0.0774 e. The molecule has 0 saturated heterocycles. The second-order valence-corrected chi connectivity index (χ2v) is 5.07. The summed E-state index contributed by atoms with van der Waals surface area (Å²) in [6.45, 7) is 2.09. The maximum absolute atomic E-state index is 10.2. The molecule has 0 aliphatic heterocycles. The van der Waals surface area contributed by atoms with Gasteiger partial charge in [-0.1, -0.05) is 12.8 Å². The molecule has 0 heterocycles. The first-order valence-corrected chi connectivity index (χ1v) is 5.59. The van der Waals surface area contributed by atoms with Gasteiger partial charge in [-0.2, -0.15) is 0 Å². The fourth-order valence-corrected chi connectivity index (χ4v) is 2.50. The molecule has 2 aliphatic rings. The van der Waals surface area contributed by atoms with Crippen molar-refractivity contribution in [1.82, 2.24) is 4.90 Å². The third-order valence-corrected chi connectivity index (χ3v) is 3.37. The van der Waals surface area contributed by atoms with Crippen LogP contribution in [0, 0.1) is 5.92 Å². The van der Waals surface area contributed by atoms with E-state index in [0.717, 1.165) is 25.3 Å². The van der Waals surface area contributed by atoms with Crippen LogP contribution < -0.4 is 0 Å². The molecule has 0 unspecified atom stereocenters. The number of rotatable bonds is 4. The van der Waals surface area contributed by atoms with E-state index in [-0.39, 0.29) is 5.60 Å². The first kappa shape index (κ1) is 9.47. The molecule has 2 aliphatic carbocycles. The van der Waals surface area contributed by atoms with Crippen LogP contribution in [0.25, 0.3) is 0 Å². The summed E-state index contributed by atoms with van der Waals surface area (Å²) in [6.07, 6.45) is 7.27. The van der Waals surface area contributed by atoms with Crippen LogP contribution in [0.5, 0.6) is 0 Å². The fourth-order valence-electron chi connectivity index (χ4n) is 2.50. The number of likely N-dealkylation sites (N-methyl/N-ethyl adjacent to an activating group) is 1. The van der Waals surface area contributed by atoms with E-state index in [2.05, 4.69) is 11.9 Å². The minimum atomic E-state index is -0.344. The van der Waals surface area contributed by atoms with Gasteiger partial charge in [-0.3, -0.25) is 0 Å². The van der Waals surface area contributed by atoms with Crippen LogP contribution in [-0.4, -0.2) is 35.7 Å². The predicted molar refractivity (Wildman–Crippen MR) is 53.6 cm³/mol. The molecule has 2 heteroatoms. The van der Waals surface area contributed by atoms with Crippen molar-refractivity contribution in [2.45, 2.75) is 44.1 Å². The minimum absolute atomic E-state index is 0.344. The van der Waals surface area contributed by atoms with Crippen LogP contribution in [0.4, 0.5) is 0 Å². The molecule has 0 spiro atoms. The van der Waals surface area contributed by atoms with Crippen molar-refractivity contribution < 1.29 is 5.11 Å². The number of nitrogens with zero attached hydrogens (tertiary/aromatic N) is 1. The molecule has 1 N–H and O–H groups in total. The predicted octanol–water partition coefficient (Wildman–Crippen LogP) is 1.63. The molecule has 13 heavy (non-hydrogen) atoms. The highest BCUT2D eigenvalue weighted by Gasteiger charge is 2.33. The van der Waals surface area contributed by atoms with Crippen molar-refractivity contribution in [3.8, 4) is 0 Å². The molecule has 2 nitrogen and oxygen atoms in total. The van der Waals surface area contributed by atoms with E-state index < -0.39 is 0 Å². The van der Waals surface area contributed by atoms with E-state index in [1.165, 1.54) is 32.2 Å². The summed E-state index contributed by atoms with van der Waals surface area (Å²) in [6, 6.07) is 0. The Kier molecular flexibility index (Phi) is 2.61. The van der Waals surface area contributed by atoms with Gasteiger partial charge in [0.15, 0.2) is 0 Å². The fraction of sp³-hybridized carbons (Fsp3) is 1.00. The molecular weight excluding hydrogens is 162 g/mol. The summed E-state index contributed by atoms with van der Waals surface area (Å²) in [7, 11) is 2.15. The first-order chi connectivity index (χ1) is 6.18. The lowest BCUT2D eigenvalue weighted by molar-refractivity contribution is 0.0154. The second-order valence-electron chi connectivity index (χ2n) is 5.07. The third-order valence-electron chi connectivity index (χ3n) is 3.37. The Bertz CT molecular complexity index is 171. The van der Waals surface area contributed by atoms with Gasteiger partial charge in [0, 0.05) is 13.1 Å². The van der Waals surface area contributed by atoms with Gasteiger partial charge in [0.2, 0.25) is 0 Å². The smallest absolute Gasteiger partial charge is 0.0774 e. The quantitative estimate of drug-likeness (QED) is 0.716. The van der Waals surface area contributed by atoms with E-state index in [4.69, 9.17) is 0 Å². The zero-order chi connectivity index (χ0) is 9.31. The normalized spacial score (nSPS) is 27.0. The zero-order valence-corrected chi connectivity index (χ0v) is 8.63. The lowest BCUT2D eigenvalue weighted by atomic mass is 10.0. The molecule has 2 saturated carbocycles. The topological polar surface area (TPSA) is 23.5 Å². The Morgan fingerprint density at radius 3 is 2.46 bits per heavy atom. The van der Waals surface area contributed by atoms with Gasteiger partial charge in [0.05, 0.1) is 5.60 Å². The monoisotopic (exact) mass is 183 g/mol. The van der Waals surface area contributed by atoms with Crippen LogP contribution in [0.15, 0.2) is 0 Å². The van der Waals surface area contributed by atoms with Crippen molar-refractivity contribution in [2.24, 2.45) is 5.92 Å². The van der Waals surface area contributed by atoms with Gasteiger partial charge < -0.3 is 10.0 Å². The summed E-state index contributed by atoms with van der Waals surface area (Å²) in [4.78, 5) is 2.32. The lowest BCUT2D eigenvalue weighted by Crippen LogP contribution is -2.39. The molecule has 0 aromatic heterocycles. The van der Waals surface area contributed by atoms with Gasteiger partial charge in [0.1, 0.15) is 0 Å². The SMILES string of the molecule is CN(CC1CC1)CC1(O)CCCC1. The molecule has 0 bridgehead atoms. The minimum Gasteiger partial charge on any atom is -0.389 e. The lowest BCUT2D eigenvalue weighted by Gasteiger charge is -2.28. The Morgan fingerprint density at radius 2 is 1.92 bits per heavy atom. The molecule has 2 rings (SSSR count). The zero-order valence-electron chi connectivity index (χ0n) is 8.63. The Hall–Kier alpha value is -0.0800. The highest BCUT2D eigenvalue weighted by molar-refractivity contribution is 4.88. The third kappa shape index (κ3) is 2.68. The second kappa shape index (κ2) is 3.58. The molecule has 2 fully saturated rings. The van der Waals surface area contributed by atoms with Gasteiger partial charge in [-0.05, 0) is 38.6 Å². The van der Waals surface area contributed by atoms with E-state index in [9.17, 15) is 5.11 Å². The molecule has 0 radical (unpaired) electrons. The number of hydrogen-bond donors (Lipinski definition) is 1. The van der Waals surface area contributed by atoms with E-state index in [1.54, 1.807) is 0 Å². The van der Waals surface area contributed by atoms with E-state index in [1.807, 2.05) is 0 Å². The summed E-state index contributed by atoms with van der Waals surface area (Å²) in [5, 5.41) is 10.2. The van der Waals surface area contributed by atoms with Crippen molar-refractivity contribution >= 4 is 0 Å². The molecule has 0 aromatic rings. The van der Waals surface area contributed by atoms with Gasteiger partial charge >= 0.3 is 0 Å². The van der Waals surface area contributed by atoms with Crippen molar-refractivity contribution in [3.05, 3.63) is 0 Å². The molecule has 0 aromatic carbocycles. The summed E-state index contributed by atoms with van der Waals surface area (Å²) in [5.74, 6) is 0.940. The van der Waals surface area contributed by atoms with Crippen molar-refractivity contribution in [1.29, 1.82) is 0 Å². The highest BCUT2D eigenvalue weighted by Crippen LogP contribution is 2.32. The van der Waals surface area contributed by atoms with E-state index >= 15 is 0 Å². The Morgan fingerprint density at radius 1 is 1.31 bits per heavy atom. The largest absolute Gasteiger partial charge is 0.389 e. The molecular formula is C11H21NO. The molecule has 0 amide bonds. The van der Waals surface area contributed by atoms with Crippen LogP contribution in [0.1, 0.15) is 38.5 Å². The van der Waals surface area contributed by atoms with Gasteiger partial charge in [-0.15, -0.1) is 0 Å². The number of aliphatic hydroxyl groups is 1. The van der Waals surface area contributed by atoms with Crippen molar-refractivity contribution in [2.75, 3.05) is 20.1 Å². The Labute approximate surface area is 80.9 Å². The average Bonchev–Trinajstić information content (AvgIpc) is 2.74. The van der Waals surface area contributed by atoms with E-state index in [0.29, 0.717) is 0 Å². The van der Waals surface area contributed by atoms with Gasteiger partial charge in [-0.25, -0.2) is 0 Å². The van der Waals surface area contributed by atoms with Crippen LogP contribution in [0.2, 0.25) is 0 Å². The Balaban J connectivity index is 1.74. The summed E-state index contributed by atoms with van der Waals surface area (Å²) >= 11 is 0. The van der Waals surface area contributed by atoms with Crippen molar-refractivity contribution in [3.63, 3.8) is 0 Å². The van der Waals surface area contributed by atoms with Crippen LogP contribution in [0.3, 0.4) is 0 Å². The summed E-state index contributed by atoms with van der Waals surface area (Å²) < 4.78 is 0.